The molecule has 0 saturated heterocycles. The molecule has 180 valence electrons. The summed E-state index contributed by atoms with van der Waals surface area (Å²) < 4.78 is 10.9. The van der Waals surface area contributed by atoms with Crippen LogP contribution in [-0.2, 0) is 14.3 Å². The fourth-order valence-corrected chi connectivity index (χ4v) is 4.29. The maximum atomic E-state index is 12.7. The van der Waals surface area contributed by atoms with Crippen LogP contribution < -0.4 is 10.6 Å². The van der Waals surface area contributed by atoms with Gasteiger partial charge in [0.1, 0.15) is 12.6 Å². The van der Waals surface area contributed by atoms with E-state index < -0.39 is 24.0 Å². The lowest BCUT2D eigenvalue weighted by Crippen LogP contribution is -2.44. The zero-order valence-corrected chi connectivity index (χ0v) is 18.8. The first-order valence-electron chi connectivity index (χ1n) is 11.5. The van der Waals surface area contributed by atoms with Crippen molar-refractivity contribution in [2.75, 3.05) is 11.9 Å². The molecule has 3 N–H and O–H groups in total. The third-order valence-corrected chi connectivity index (χ3v) is 6.20. The molecule has 10 nitrogen and oxygen atoms in total. The van der Waals surface area contributed by atoms with E-state index in [-0.39, 0.29) is 37.3 Å². The predicted molar refractivity (Wildman–Crippen MR) is 124 cm³/mol. The van der Waals surface area contributed by atoms with Gasteiger partial charge < -0.3 is 19.6 Å². The largest absolute Gasteiger partial charge is 0.481 e. The summed E-state index contributed by atoms with van der Waals surface area (Å²) in [6, 6.07) is 14.6. The minimum absolute atomic E-state index is 0.0710. The Kier molecular flexibility index (Phi) is 6.17. The number of carbonyl (C=O) groups excluding carboxylic acids is 2. The first-order chi connectivity index (χ1) is 17.0. The van der Waals surface area contributed by atoms with Gasteiger partial charge in [0.25, 0.3) is 5.91 Å². The molecule has 1 aromatic heterocycles. The summed E-state index contributed by atoms with van der Waals surface area (Å²) in [4.78, 5) is 36.4. The topological polar surface area (TPSA) is 144 Å². The molecule has 1 unspecified atom stereocenters. The number of carboxylic acid groups (broad SMARTS) is 1. The number of alkyl carbamates (subject to hydrolysis) is 1. The standard InChI is InChI=1S/C25H24N4O6/c30-21(31)12-11-20(22(32)27-24-29-28-23(35-24)14-9-10-14)26-25(33)34-13-19-17-7-3-1-5-15(17)16-6-2-4-8-18(16)19/h1-8,14,19-20H,9-13H2,(H,26,33)(H,30,31)(H,27,29,32). The molecular formula is C25H24N4O6. The summed E-state index contributed by atoms with van der Waals surface area (Å²) in [6.07, 6.45) is 0.648. The molecule has 1 saturated carbocycles. The van der Waals surface area contributed by atoms with Crippen molar-refractivity contribution in [1.82, 2.24) is 15.5 Å². The molecule has 35 heavy (non-hydrogen) atoms. The molecule has 1 heterocycles. The number of carboxylic acids is 1. The number of ether oxygens (including phenoxy) is 1. The molecule has 0 spiro atoms. The molecule has 2 aliphatic rings. The third kappa shape index (κ3) is 5.01. The van der Waals surface area contributed by atoms with Gasteiger partial charge in [0.15, 0.2) is 0 Å². The monoisotopic (exact) mass is 476 g/mol. The number of aromatic nitrogens is 2. The van der Waals surface area contributed by atoms with Gasteiger partial charge >= 0.3 is 18.1 Å². The molecule has 3 aromatic rings. The Morgan fingerprint density at radius 3 is 2.31 bits per heavy atom. The van der Waals surface area contributed by atoms with Gasteiger partial charge in [-0.1, -0.05) is 53.6 Å². The molecule has 1 atom stereocenters. The zero-order chi connectivity index (χ0) is 24.4. The second kappa shape index (κ2) is 9.57. The lowest BCUT2D eigenvalue weighted by Gasteiger charge is -2.18. The van der Waals surface area contributed by atoms with Crippen LogP contribution in [0, 0.1) is 0 Å². The quantitative estimate of drug-likeness (QED) is 0.424. The Bertz CT molecular complexity index is 1220. The Labute approximate surface area is 200 Å². The zero-order valence-electron chi connectivity index (χ0n) is 18.8. The molecule has 0 aliphatic heterocycles. The highest BCUT2D eigenvalue weighted by atomic mass is 16.5. The lowest BCUT2D eigenvalue weighted by atomic mass is 9.98. The maximum absolute atomic E-state index is 12.7. The summed E-state index contributed by atoms with van der Waals surface area (Å²) >= 11 is 0. The Morgan fingerprint density at radius 2 is 1.69 bits per heavy atom. The molecule has 2 aliphatic carbocycles. The van der Waals surface area contributed by atoms with Gasteiger partial charge in [-0.25, -0.2) is 4.79 Å². The van der Waals surface area contributed by atoms with Crippen molar-refractivity contribution < 1.29 is 28.6 Å². The minimum Gasteiger partial charge on any atom is -0.481 e. The highest BCUT2D eigenvalue weighted by Crippen LogP contribution is 2.44. The third-order valence-electron chi connectivity index (χ3n) is 6.20. The SMILES string of the molecule is O=C(O)CCC(NC(=O)OCC1c2ccccc2-c2ccccc21)C(=O)Nc1nnc(C2CC2)o1. The van der Waals surface area contributed by atoms with Crippen LogP contribution in [0.3, 0.4) is 0 Å². The lowest BCUT2D eigenvalue weighted by molar-refractivity contribution is -0.137. The fourth-order valence-electron chi connectivity index (χ4n) is 4.29. The van der Waals surface area contributed by atoms with Crippen LogP contribution in [0.15, 0.2) is 52.9 Å². The number of nitrogens with one attached hydrogen (secondary N) is 2. The number of hydrogen-bond donors (Lipinski definition) is 3. The van der Waals surface area contributed by atoms with Crippen molar-refractivity contribution in [3.05, 3.63) is 65.5 Å². The molecule has 2 aromatic carbocycles. The average Bonchev–Trinajstić information content (AvgIpc) is 3.52. The van der Waals surface area contributed by atoms with Gasteiger partial charge in [0.05, 0.1) is 0 Å². The van der Waals surface area contributed by atoms with Crippen molar-refractivity contribution in [3.63, 3.8) is 0 Å². The van der Waals surface area contributed by atoms with Crippen LogP contribution in [0.4, 0.5) is 10.8 Å². The Balaban J connectivity index is 1.23. The van der Waals surface area contributed by atoms with Crippen molar-refractivity contribution in [2.24, 2.45) is 0 Å². The number of anilines is 1. The fraction of sp³-hybridized carbons (Fsp3) is 0.320. The molecule has 5 rings (SSSR count). The van der Waals surface area contributed by atoms with Crippen molar-refractivity contribution >= 4 is 24.0 Å². The number of aliphatic carboxylic acids is 1. The van der Waals surface area contributed by atoms with E-state index in [0.717, 1.165) is 35.1 Å². The number of nitrogens with zero attached hydrogens (tertiary/aromatic N) is 2. The van der Waals surface area contributed by atoms with Gasteiger partial charge in [-0.3, -0.25) is 14.9 Å². The van der Waals surface area contributed by atoms with E-state index in [9.17, 15) is 14.4 Å². The molecule has 0 radical (unpaired) electrons. The van der Waals surface area contributed by atoms with Gasteiger partial charge in [-0.15, -0.1) is 5.10 Å². The summed E-state index contributed by atoms with van der Waals surface area (Å²) in [5.74, 6) is -1.22. The van der Waals surface area contributed by atoms with E-state index in [4.69, 9.17) is 14.3 Å². The van der Waals surface area contributed by atoms with E-state index in [1.165, 1.54) is 0 Å². The molecule has 10 heteroatoms. The van der Waals surface area contributed by atoms with E-state index in [1.54, 1.807) is 0 Å². The van der Waals surface area contributed by atoms with Crippen LogP contribution in [0.1, 0.15) is 54.5 Å². The smallest absolute Gasteiger partial charge is 0.407 e. The van der Waals surface area contributed by atoms with Crippen molar-refractivity contribution in [2.45, 2.75) is 43.6 Å². The van der Waals surface area contributed by atoms with Crippen LogP contribution in [0.2, 0.25) is 0 Å². The van der Waals surface area contributed by atoms with Crippen LogP contribution in [0.5, 0.6) is 0 Å². The average molecular weight is 476 g/mol. The predicted octanol–water partition coefficient (Wildman–Crippen LogP) is 3.66. The minimum atomic E-state index is -1.15. The second-order valence-electron chi connectivity index (χ2n) is 8.66. The number of hydrogen-bond acceptors (Lipinski definition) is 7. The highest BCUT2D eigenvalue weighted by Gasteiger charge is 2.32. The summed E-state index contributed by atoms with van der Waals surface area (Å²) in [6.45, 7) is 0.0710. The molecule has 0 bridgehead atoms. The summed E-state index contributed by atoms with van der Waals surface area (Å²) in [5.41, 5.74) is 4.32. The van der Waals surface area contributed by atoms with Crippen LogP contribution >= 0.6 is 0 Å². The number of fused-ring (bicyclic) bond motifs is 3. The summed E-state index contributed by atoms with van der Waals surface area (Å²) in [7, 11) is 0. The second-order valence-corrected chi connectivity index (χ2v) is 8.66. The van der Waals surface area contributed by atoms with E-state index in [0.29, 0.717) is 5.89 Å². The van der Waals surface area contributed by atoms with Crippen LogP contribution in [0.25, 0.3) is 11.1 Å². The Hall–Kier alpha value is -4.21. The Morgan fingerprint density at radius 1 is 1.03 bits per heavy atom. The molecule has 2 amide bonds. The first-order valence-corrected chi connectivity index (χ1v) is 11.5. The molecular weight excluding hydrogens is 452 g/mol. The number of amides is 2. The number of carbonyl (C=O) groups is 3. The van der Waals surface area contributed by atoms with Gasteiger partial charge in [-0.2, -0.15) is 0 Å². The summed E-state index contributed by atoms with van der Waals surface area (Å²) in [5, 5.41) is 21.7. The van der Waals surface area contributed by atoms with E-state index in [2.05, 4.69) is 20.8 Å². The molecule has 1 fully saturated rings. The van der Waals surface area contributed by atoms with Gasteiger partial charge in [0, 0.05) is 18.3 Å². The first kappa shape index (κ1) is 22.6. The number of rotatable bonds is 9. The van der Waals surface area contributed by atoms with Gasteiger partial charge in [0.2, 0.25) is 5.89 Å². The van der Waals surface area contributed by atoms with Crippen LogP contribution in [-0.4, -0.2) is 45.9 Å². The highest BCUT2D eigenvalue weighted by molar-refractivity contribution is 5.95. The van der Waals surface area contributed by atoms with Crippen molar-refractivity contribution in [1.29, 1.82) is 0 Å². The maximum Gasteiger partial charge on any atom is 0.407 e. The van der Waals surface area contributed by atoms with E-state index in [1.807, 2.05) is 48.5 Å². The van der Waals surface area contributed by atoms with Crippen molar-refractivity contribution in [3.8, 4) is 11.1 Å². The van der Waals surface area contributed by atoms with Gasteiger partial charge in [-0.05, 0) is 41.5 Å². The number of benzene rings is 2. The normalized spacial score (nSPS) is 15.1. The van der Waals surface area contributed by atoms with E-state index >= 15 is 0 Å².